The summed E-state index contributed by atoms with van der Waals surface area (Å²) in [6.45, 7) is 9.83. The number of hydrogen-bond donors (Lipinski definition) is 1. The van der Waals surface area contributed by atoms with E-state index in [1.54, 1.807) is 4.68 Å². The highest BCUT2D eigenvalue weighted by Gasteiger charge is 2.28. The quantitative estimate of drug-likeness (QED) is 0.825. The van der Waals surface area contributed by atoms with Gasteiger partial charge < -0.3 is 5.32 Å². The van der Waals surface area contributed by atoms with Gasteiger partial charge in [-0.15, -0.1) is 5.10 Å². The zero-order chi connectivity index (χ0) is 12.5. The molecule has 1 N–H and O–H groups in total. The zero-order valence-electron chi connectivity index (χ0n) is 11.3. The summed E-state index contributed by atoms with van der Waals surface area (Å²) in [5.74, 6) is 0. The molecule has 1 aromatic rings. The van der Waals surface area contributed by atoms with E-state index in [0.717, 1.165) is 25.3 Å². The van der Waals surface area contributed by atoms with Gasteiger partial charge in [0.1, 0.15) is 0 Å². The van der Waals surface area contributed by atoms with Crippen LogP contribution in [-0.2, 0) is 13.6 Å². The summed E-state index contributed by atoms with van der Waals surface area (Å²) in [5, 5.41) is 11.8. The molecule has 0 radical (unpaired) electrons. The van der Waals surface area contributed by atoms with Crippen molar-refractivity contribution in [2.24, 2.45) is 7.05 Å². The third-order valence-corrected chi connectivity index (χ3v) is 3.40. The van der Waals surface area contributed by atoms with E-state index in [0.29, 0.717) is 6.04 Å². The first-order valence-electron chi connectivity index (χ1n) is 6.30. The van der Waals surface area contributed by atoms with E-state index in [1.165, 1.54) is 6.42 Å². The van der Waals surface area contributed by atoms with Crippen molar-refractivity contribution in [3.05, 3.63) is 11.9 Å². The monoisotopic (exact) mass is 237 g/mol. The summed E-state index contributed by atoms with van der Waals surface area (Å²) in [5.41, 5.74) is 1.23. The summed E-state index contributed by atoms with van der Waals surface area (Å²) < 4.78 is 1.77. The molecule has 5 heteroatoms. The minimum atomic E-state index is 0.174. The van der Waals surface area contributed by atoms with Crippen LogP contribution < -0.4 is 5.32 Å². The number of nitrogens with zero attached hydrogens (tertiary/aromatic N) is 4. The zero-order valence-corrected chi connectivity index (χ0v) is 11.3. The number of aryl methyl sites for hydroxylation is 1. The standard InChI is InChI=1S/C12H23N5/c1-10-5-6-13-12(2,3)9-17(10)8-11-7-16(4)15-14-11/h7,10,13H,5-6,8-9H2,1-4H3. The minimum Gasteiger partial charge on any atom is -0.310 e. The average Bonchev–Trinajstić information content (AvgIpc) is 2.56. The maximum absolute atomic E-state index is 4.17. The van der Waals surface area contributed by atoms with E-state index in [2.05, 4.69) is 41.3 Å². The molecule has 0 aliphatic carbocycles. The molecule has 96 valence electrons. The molecule has 0 amide bonds. The molecule has 1 aliphatic heterocycles. The van der Waals surface area contributed by atoms with Gasteiger partial charge in [-0.1, -0.05) is 5.21 Å². The van der Waals surface area contributed by atoms with Gasteiger partial charge in [-0.05, 0) is 33.7 Å². The van der Waals surface area contributed by atoms with Crippen molar-refractivity contribution in [1.29, 1.82) is 0 Å². The lowest BCUT2D eigenvalue weighted by Crippen LogP contribution is -2.47. The lowest BCUT2D eigenvalue weighted by Gasteiger charge is -2.32. The first kappa shape index (κ1) is 12.5. The van der Waals surface area contributed by atoms with Gasteiger partial charge in [-0.25, -0.2) is 0 Å². The molecule has 0 bridgehead atoms. The van der Waals surface area contributed by atoms with Gasteiger partial charge in [0.15, 0.2) is 0 Å². The molecule has 1 unspecified atom stereocenters. The van der Waals surface area contributed by atoms with Crippen molar-refractivity contribution in [2.75, 3.05) is 13.1 Å². The fourth-order valence-corrected chi connectivity index (χ4v) is 2.41. The van der Waals surface area contributed by atoms with E-state index in [1.807, 2.05) is 13.2 Å². The molecule has 1 saturated heterocycles. The average molecular weight is 237 g/mol. The van der Waals surface area contributed by atoms with Crippen LogP contribution in [0.25, 0.3) is 0 Å². The van der Waals surface area contributed by atoms with Gasteiger partial charge in [0.25, 0.3) is 0 Å². The van der Waals surface area contributed by atoms with Gasteiger partial charge in [0, 0.05) is 37.9 Å². The fraction of sp³-hybridized carbons (Fsp3) is 0.833. The highest BCUT2D eigenvalue weighted by Crippen LogP contribution is 2.17. The van der Waals surface area contributed by atoms with Gasteiger partial charge in [-0.3, -0.25) is 9.58 Å². The second kappa shape index (κ2) is 4.74. The SMILES string of the molecule is CC1CCNC(C)(C)CN1Cc1cn(C)nn1. The van der Waals surface area contributed by atoms with Crippen molar-refractivity contribution in [3.63, 3.8) is 0 Å². The molecule has 17 heavy (non-hydrogen) atoms. The Kier molecular flexibility index (Phi) is 3.49. The van der Waals surface area contributed by atoms with Gasteiger partial charge in [0.2, 0.25) is 0 Å². The molecular weight excluding hydrogens is 214 g/mol. The predicted octanol–water partition coefficient (Wildman–Crippen LogP) is 0.777. The van der Waals surface area contributed by atoms with Gasteiger partial charge >= 0.3 is 0 Å². The topological polar surface area (TPSA) is 46.0 Å². The highest BCUT2D eigenvalue weighted by atomic mass is 15.4. The third kappa shape index (κ3) is 3.26. The number of rotatable bonds is 2. The Morgan fingerprint density at radius 1 is 1.53 bits per heavy atom. The van der Waals surface area contributed by atoms with Crippen LogP contribution in [-0.4, -0.2) is 44.6 Å². The van der Waals surface area contributed by atoms with E-state index >= 15 is 0 Å². The van der Waals surface area contributed by atoms with Crippen molar-refractivity contribution in [2.45, 2.75) is 45.3 Å². The highest BCUT2D eigenvalue weighted by molar-refractivity contribution is 4.95. The molecule has 5 nitrogen and oxygen atoms in total. The fourth-order valence-electron chi connectivity index (χ4n) is 2.41. The normalized spacial score (nSPS) is 25.8. The molecule has 1 aromatic heterocycles. The third-order valence-electron chi connectivity index (χ3n) is 3.40. The van der Waals surface area contributed by atoms with Crippen LogP contribution in [0.1, 0.15) is 32.9 Å². The summed E-state index contributed by atoms with van der Waals surface area (Å²) >= 11 is 0. The lowest BCUT2D eigenvalue weighted by molar-refractivity contribution is 0.171. The first-order chi connectivity index (χ1) is 7.96. The van der Waals surface area contributed by atoms with E-state index < -0.39 is 0 Å². The molecule has 0 saturated carbocycles. The van der Waals surface area contributed by atoms with E-state index in [4.69, 9.17) is 0 Å². The lowest BCUT2D eigenvalue weighted by atomic mass is 10.1. The molecular formula is C12H23N5. The molecule has 1 atom stereocenters. The van der Waals surface area contributed by atoms with Crippen LogP contribution in [0.15, 0.2) is 6.20 Å². The van der Waals surface area contributed by atoms with Crippen molar-refractivity contribution in [3.8, 4) is 0 Å². The number of hydrogen-bond acceptors (Lipinski definition) is 4. The Balaban J connectivity index is 2.06. The van der Waals surface area contributed by atoms with Crippen LogP contribution in [0.2, 0.25) is 0 Å². The van der Waals surface area contributed by atoms with E-state index in [9.17, 15) is 0 Å². The Morgan fingerprint density at radius 3 is 2.94 bits per heavy atom. The molecule has 1 aliphatic rings. The molecule has 0 aromatic carbocycles. The Hall–Kier alpha value is -0.940. The second-order valence-electron chi connectivity index (χ2n) is 5.74. The molecule has 0 spiro atoms. The van der Waals surface area contributed by atoms with Crippen LogP contribution in [0.4, 0.5) is 0 Å². The van der Waals surface area contributed by atoms with Crippen LogP contribution >= 0.6 is 0 Å². The van der Waals surface area contributed by atoms with Crippen LogP contribution in [0.3, 0.4) is 0 Å². The largest absolute Gasteiger partial charge is 0.310 e. The summed E-state index contributed by atoms with van der Waals surface area (Å²) in [6.07, 6.45) is 3.18. The molecule has 2 rings (SSSR count). The van der Waals surface area contributed by atoms with Gasteiger partial charge in [-0.2, -0.15) is 0 Å². The maximum atomic E-state index is 4.17. The smallest absolute Gasteiger partial charge is 0.0967 e. The van der Waals surface area contributed by atoms with Crippen molar-refractivity contribution < 1.29 is 0 Å². The molecule has 2 heterocycles. The van der Waals surface area contributed by atoms with Crippen molar-refractivity contribution in [1.82, 2.24) is 25.2 Å². The summed E-state index contributed by atoms with van der Waals surface area (Å²) in [7, 11) is 1.91. The predicted molar refractivity (Wildman–Crippen MR) is 67.6 cm³/mol. The maximum Gasteiger partial charge on any atom is 0.0967 e. The molecule has 1 fully saturated rings. The first-order valence-corrected chi connectivity index (χ1v) is 6.30. The van der Waals surface area contributed by atoms with Gasteiger partial charge in [0.05, 0.1) is 5.69 Å². The van der Waals surface area contributed by atoms with E-state index in [-0.39, 0.29) is 5.54 Å². The van der Waals surface area contributed by atoms with Crippen LogP contribution in [0, 0.1) is 0 Å². The Bertz CT molecular complexity index is 371. The Labute approximate surface area is 103 Å². The minimum absolute atomic E-state index is 0.174. The van der Waals surface area contributed by atoms with Crippen LogP contribution in [0.5, 0.6) is 0 Å². The number of nitrogens with one attached hydrogen (secondary N) is 1. The summed E-state index contributed by atoms with van der Waals surface area (Å²) in [6, 6.07) is 0.589. The second-order valence-corrected chi connectivity index (χ2v) is 5.74. The van der Waals surface area contributed by atoms with Crippen molar-refractivity contribution >= 4 is 0 Å². The number of aromatic nitrogens is 3. The summed E-state index contributed by atoms with van der Waals surface area (Å²) in [4.78, 5) is 2.49. The Morgan fingerprint density at radius 2 is 2.29 bits per heavy atom.